The molecule has 1 amide bonds. The Bertz CT molecular complexity index is 334. The molecule has 5 nitrogen and oxygen atoms in total. The van der Waals surface area contributed by atoms with Crippen molar-refractivity contribution in [3.8, 4) is 0 Å². The molecule has 0 saturated heterocycles. The van der Waals surface area contributed by atoms with Crippen LogP contribution in [0.3, 0.4) is 0 Å². The van der Waals surface area contributed by atoms with E-state index in [0.717, 1.165) is 0 Å². The fraction of sp³-hybridized carbons (Fsp3) is 0.500. The molecule has 1 aliphatic rings. The van der Waals surface area contributed by atoms with Crippen molar-refractivity contribution in [3.05, 3.63) is 18.0 Å². The third-order valence-electron chi connectivity index (χ3n) is 2.21. The topological polar surface area (TPSA) is 47.4 Å². The van der Waals surface area contributed by atoms with Crippen LogP contribution in [-0.4, -0.2) is 41.3 Å². The molecule has 0 bridgehead atoms. The molecule has 0 saturated carbocycles. The minimum Gasteiger partial charge on any atom is -0.358 e. The van der Waals surface area contributed by atoms with E-state index in [4.69, 9.17) is 4.74 Å². The third kappa shape index (κ3) is 1.12. The van der Waals surface area contributed by atoms with Gasteiger partial charge in [-0.05, 0) is 6.07 Å². The lowest BCUT2D eigenvalue weighted by Crippen LogP contribution is -2.41. The summed E-state index contributed by atoms with van der Waals surface area (Å²) in [4.78, 5) is 13.2. The van der Waals surface area contributed by atoms with E-state index < -0.39 is 0 Å². The number of nitrogens with zero attached hydrogens (tertiary/aromatic N) is 3. The number of hydrogen-bond donors (Lipinski definition) is 0. The molecule has 1 aromatic rings. The van der Waals surface area contributed by atoms with Gasteiger partial charge in [-0.15, -0.1) is 0 Å². The largest absolute Gasteiger partial charge is 0.358 e. The van der Waals surface area contributed by atoms with Crippen LogP contribution >= 0.6 is 0 Å². The van der Waals surface area contributed by atoms with Crippen molar-refractivity contribution in [1.29, 1.82) is 0 Å². The monoisotopic (exact) mass is 181 g/mol. The lowest BCUT2D eigenvalue weighted by molar-refractivity contribution is -0.00453. The Balaban J connectivity index is 2.44. The molecular weight excluding hydrogens is 170 g/mol. The van der Waals surface area contributed by atoms with E-state index in [-0.39, 0.29) is 12.1 Å². The van der Waals surface area contributed by atoms with Crippen LogP contribution in [0, 0.1) is 0 Å². The van der Waals surface area contributed by atoms with Crippen LogP contribution < -0.4 is 0 Å². The summed E-state index contributed by atoms with van der Waals surface area (Å²) >= 11 is 0. The summed E-state index contributed by atoms with van der Waals surface area (Å²) in [6.07, 6.45) is 1.45. The molecule has 1 atom stereocenters. The smallest absolute Gasteiger partial charge is 0.272 e. The quantitative estimate of drug-likeness (QED) is 0.618. The Morgan fingerprint density at radius 1 is 1.69 bits per heavy atom. The number of ether oxygens (including phenoxy) is 1. The Kier molecular flexibility index (Phi) is 1.81. The maximum Gasteiger partial charge on any atom is 0.272 e. The number of amides is 1. The number of aromatic nitrogens is 2. The van der Waals surface area contributed by atoms with Gasteiger partial charge in [-0.2, -0.15) is 5.10 Å². The number of hydrogen-bond acceptors (Lipinski definition) is 3. The van der Waals surface area contributed by atoms with E-state index in [1.165, 1.54) is 0 Å². The second-order valence-corrected chi connectivity index (χ2v) is 3.04. The van der Waals surface area contributed by atoms with Gasteiger partial charge in [0.25, 0.3) is 5.91 Å². The van der Waals surface area contributed by atoms with Crippen molar-refractivity contribution in [2.75, 3.05) is 20.7 Å². The summed E-state index contributed by atoms with van der Waals surface area (Å²) in [5, 5.41) is 4.04. The lowest BCUT2D eigenvalue weighted by Gasteiger charge is -2.29. The van der Waals surface area contributed by atoms with E-state index in [1.807, 2.05) is 0 Å². The van der Waals surface area contributed by atoms with Gasteiger partial charge in [0.2, 0.25) is 0 Å². The fourth-order valence-corrected chi connectivity index (χ4v) is 1.48. The number of carbonyl (C=O) groups excluding carboxylic acids is 1. The van der Waals surface area contributed by atoms with Gasteiger partial charge < -0.3 is 9.64 Å². The van der Waals surface area contributed by atoms with E-state index in [1.54, 1.807) is 36.0 Å². The van der Waals surface area contributed by atoms with Crippen LogP contribution in [0.2, 0.25) is 0 Å². The standard InChI is InChI=1S/C8H11N3O2/c1-10-5-7(13-2)11-6(8(10)12)3-4-9-11/h3-4,7H,5H2,1-2H3. The summed E-state index contributed by atoms with van der Waals surface area (Å²) in [5.41, 5.74) is 0.584. The van der Waals surface area contributed by atoms with Crippen LogP contribution in [0.4, 0.5) is 0 Å². The summed E-state index contributed by atoms with van der Waals surface area (Å²) < 4.78 is 6.81. The van der Waals surface area contributed by atoms with Gasteiger partial charge in [0.15, 0.2) is 6.23 Å². The maximum absolute atomic E-state index is 11.5. The van der Waals surface area contributed by atoms with Crippen LogP contribution in [0.1, 0.15) is 16.7 Å². The molecule has 1 aliphatic heterocycles. The highest BCUT2D eigenvalue weighted by Gasteiger charge is 2.28. The first-order valence-electron chi connectivity index (χ1n) is 4.06. The number of methoxy groups -OCH3 is 1. The second kappa shape index (κ2) is 2.85. The van der Waals surface area contributed by atoms with Gasteiger partial charge in [0.05, 0.1) is 6.54 Å². The Hall–Kier alpha value is -1.36. The molecule has 0 fully saturated rings. The molecule has 0 aliphatic carbocycles. The minimum atomic E-state index is -0.160. The number of likely N-dealkylation sites (N-methyl/N-ethyl adjacent to an activating group) is 1. The zero-order chi connectivity index (χ0) is 9.42. The first-order valence-corrected chi connectivity index (χ1v) is 4.06. The van der Waals surface area contributed by atoms with Crippen molar-refractivity contribution in [2.24, 2.45) is 0 Å². The summed E-state index contributed by atoms with van der Waals surface area (Å²) in [6, 6.07) is 1.70. The van der Waals surface area contributed by atoms with Gasteiger partial charge >= 0.3 is 0 Å². The molecule has 1 aromatic heterocycles. The van der Waals surface area contributed by atoms with Gasteiger partial charge in [0.1, 0.15) is 5.69 Å². The predicted molar refractivity (Wildman–Crippen MR) is 45.2 cm³/mol. The van der Waals surface area contributed by atoms with Crippen LogP contribution in [0.5, 0.6) is 0 Å². The van der Waals surface area contributed by atoms with E-state index in [2.05, 4.69) is 5.10 Å². The lowest BCUT2D eigenvalue weighted by atomic mass is 10.3. The van der Waals surface area contributed by atoms with E-state index >= 15 is 0 Å². The molecule has 0 radical (unpaired) electrons. The normalized spacial score (nSPS) is 21.8. The first kappa shape index (κ1) is 8.25. The van der Waals surface area contributed by atoms with Crippen molar-refractivity contribution in [1.82, 2.24) is 14.7 Å². The van der Waals surface area contributed by atoms with Crippen molar-refractivity contribution >= 4 is 5.91 Å². The summed E-state index contributed by atoms with van der Waals surface area (Å²) in [6.45, 7) is 0.546. The Morgan fingerprint density at radius 3 is 3.15 bits per heavy atom. The second-order valence-electron chi connectivity index (χ2n) is 3.04. The fourth-order valence-electron chi connectivity index (χ4n) is 1.48. The highest BCUT2D eigenvalue weighted by atomic mass is 16.5. The highest BCUT2D eigenvalue weighted by Crippen LogP contribution is 2.18. The Morgan fingerprint density at radius 2 is 2.46 bits per heavy atom. The molecule has 70 valence electrons. The molecular formula is C8H11N3O2. The van der Waals surface area contributed by atoms with Crippen LogP contribution in [0.15, 0.2) is 12.3 Å². The predicted octanol–water partition coefficient (Wildman–Crippen LogP) is 0.114. The van der Waals surface area contributed by atoms with E-state index in [9.17, 15) is 4.79 Å². The SMILES string of the molecule is COC1CN(C)C(=O)c2ccnn21. The van der Waals surface area contributed by atoms with Gasteiger partial charge in [-0.3, -0.25) is 4.79 Å². The first-order chi connectivity index (χ1) is 6.24. The molecule has 0 aromatic carbocycles. The zero-order valence-electron chi connectivity index (χ0n) is 7.60. The molecule has 1 unspecified atom stereocenters. The summed E-state index contributed by atoms with van der Waals surface area (Å²) in [7, 11) is 3.37. The molecule has 0 N–H and O–H groups in total. The minimum absolute atomic E-state index is 0.00852. The van der Waals surface area contributed by atoms with Crippen LogP contribution in [0.25, 0.3) is 0 Å². The average molecular weight is 181 g/mol. The van der Waals surface area contributed by atoms with Crippen molar-refractivity contribution in [3.63, 3.8) is 0 Å². The van der Waals surface area contributed by atoms with Gasteiger partial charge in [-0.1, -0.05) is 0 Å². The number of fused-ring (bicyclic) bond motifs is 1. The average Bonchev–Trinajstić information content (AvgIpc) is 2.60. The molecule has 5 heteroatoms. The van der Waals surface area contributed by atoms with Gasteiger partial charge in [-0.25, -0.2) is 4.68 Å². The van der Waals surface area contributed by atoms with Gasteiger partial charge in [0, 0.05) is 20.4 Å². The molecule has 2 rings (SSSR count). The Labute approximate surface area is 75.9 Å². The zero-order valence-corrected chi connectivity index (χ0v) is 7.60. The summed E-state index contributed by atoms with van der Waals surface area (Å²) in [5.74, 6) is -0.00852. The molecule has 0 spiro atoms. The van der Waals surface area contributed by atoms with Crippen molar-refractivity contribution < 1.29 is 9.53 Å². The maximum atomic E-state index is 11.5. The van der Waals surface area contributed by atoms with E-state index in [0.29, 0.717) is 12.2 Å². The van der Waals surface area contributed by atoms with Crippen molar-refractivity contribution in [2.45, 2.75) is 6.23 Å². The molecule has 2 heterocycles. The third-order valence-corrected chi connectivity index (χ3v) is 2.21. The van der Waals surface area contributed by atoms with Crippen LogP contribution in [-0.2, 0) is 4.74 Å². The molecule has 13 heavy (non-hydrogen) atoms. The number of carbonyl (C=O) groups is 1. The number of rotatable bonds is 1. The highest BCUT2D eigenvalue weighted by molar-refractivity contribution is 5.93.